The van der Waals surface area contributed by atoms with Gasteiger partial charge in [-0.05, 0) is 30.7 Å². The van der Waals surface area contributed by atoms with Gasteiger partial charge in [0.25, 0.3) is 0 Å². The summed E-state index contributed by atoms with van der Waals surface area (Å²) in [5.41, 5.74) is 5.84. The lowest BCUT2D eigenvalue weighted by atomic mass is 9.79. The molecule has 2 heterocycles. The van der Waals surface area contributed by atoms with Crippen molar-refractivity contribution < 1.29 is 18.7 Å². The van der Waals surface area contributed by atoms with Gasteiger partial charge in [-0.15, -0.1) is 0 Å². The number of amides is 2. The normalized spacial score (nSPS) is 17.6. The highest BCUT2D eigenvalue weighted by atomic mass is 19.1. The van der Waals surface area contributed by atoms with Crippen LogP contribution in [0.4, 0.5) is 14.9 Å². The Bertz CT molecular complexity index is 773. The van der Waals surface area contributed by atoms with Crippen molar-refractivity contribution in [1.29, 1.82) is 5.41 Å². The summed E-state index contributed by atoms with van der Waals surface area (Å²) in [5, 5.41) is 8.97. The number of halogens is 1. The summed E-state index contributed by atoms with van der Waals surface area (Å²) in [4.78, 5) is 27.2. The largest absolute Gasteiger partial charge is 0.444 e. The summed E-state index contributed by atoms with van der Waals surface area (Å²) in [6, 6.07) is 5.03. The molecule has 158 valence electrons. The molecule has 2 saturated heterocycles. The van der Waals surface area contributed by atoms with Gasteiger partial charge in [0.1, 0.15) is 6.61 Å². The Kier molecular flexibility index (Phi) is 6.56. The predicted octanol–water partition coefficient (Wildman–Crippen LogP) is 2.03. The Morgan fingerprint density at radius 2 is 1.97 bits per heavy atom. The van der Waals surface area contributed by atoms with Gasteiger partial charge in [-0.25, -0.2) is 9.18 Å². The number of nitrogens with zero attached hydrogens (tertiary/aromatic N) is 2. The van der Waals surface area contributed by atoms with E-state index in [1.54, 1.807) is 18.2 Å². The molecule has 0 spiro atoms. The minimum atomic E-state index is -0.890. The molecule has 0 bridgehead atoms. The fourth-order valence-electron chi connectivity index (χ4n) is 4.06. The molecule has 8 nitrogen and oxygen atoms in total. The molecule has 2 fully saturated rings. The zero-order valence-electron chi connectivity index (χ0n) is 16.6. The first-order valence-electron chi connectivity index (χ1n) is 9.97. The maximum atomic E-state index is 14.8. The number of ether oxygens (including phenoxy) is 1. The highest BCUT2D eigenvalue weighted by Gasteiger charge is 2.36. The second kappa shape index (κ2) is 9.11. The van der Waals surface area contributed by atoms with Crippen molar-refractivity contribution in [3.63, 3.8) is 0 Å². The fourth-order valence-corrected chi connectivity index (χ4v) is 4.06. The van der Waals surface area contributed by atoms with E-state index in [1.807, 2.05) is 22.0 Å². The number of nitrogens with one attached hydrogen (secondary N) is 2. The summed E-state index contributed by atoms with van der Waals surface area (Å²) in [6.07, 6.45) is 1.68. The molecule has 0 aliphatic carbocycles. The van der Waals surface area contributed by atoms with Crippen molar-refractivity contribution in [3.8, 4) is 0 Å². The minimum absolute atomic E-state index is 0.219. The van der Waals surface area contributed by atoms with Crippen molar-refractivity contribution in [3.05, 3.63) is 29.6 Å². The lowest BCUT2D eigenvalue weighted by Gasteiger charge is -2.47. The number of benzene rings is 1. The topological polar surface area (TPSA) is 112 Å². The molecule has 0 atom stereocenters. The number of alkyl carbamates (subject to hydrolysis) is 1. The second-order valence-electron chi connectivity index (χ2n) is 7.60. The Labute approximate surface area is 169 Å². The van der Waals surface area contributed by atoms with Crippen LogP contribution in [-0.2, 0) is 16.1 Å². The molecule has 29 heavy (non-hydrogen) atoms. The number of nitrogens with two attached hydrogens (primary N) is 1. The van der Waals surface area contributed by atoms with Gasteiger partial charge in [-0.3, -0.25) is 15.5 Å². The monoisotopic (exact) mass is 405 g/mol. The molecule has 1 aromatic carbocycles. The van der Waals surface area contributed by atoms with Crippen LogP contribution in [0.2, 0.25) is 0 Å². The Morgan fingerprint density at radius 3 is 2.59 bits per heavy atom. The standard InChI is InChI=1S/C20H28FN5O3/c1-2-17(27)25-8-6-13(7-9-25)15-10-26(11-15)16-5-3-4-14(18(16)21)12-29-20(28)24-19(22)23/h3-5,13,15H,2,6-12H2,1H3,(H4,22,23,24,28). The molecule has 4 N–H and O–H groups in total. The predicted molar refractivity (Wildman–Crippen MR) is 107 cm³/mol. The number of anilines is 1. The van der Waals surface area contributed by atoms with Crippen LogP contribution in [0.5, 0.6) is 0 Å². The van der Waals surface area contributed by atoms with Gasteiger partial charge in [0.2, 0.25) is 5.91 Å². The average Bonchev–Trinajstić information content (AvgIpc) is 2.66. The average molecular weight is 405 g/mol. The van der Waals surface area contributed by atoms with Crippen molar-refractivity contribution >= 4 is 23.6 Å². The molecular formula is C20H28FN5O3. The van der Waals surface area contributed by atoms with Crippen LogP contribution >= 0.6 is 0 Å². The summed E-state index contributed by atoms with van der Waals surface area (Å²) in [6.45, 7) is 4.87. The Balaban J connectivity index is 1.51. The highest BCUT2D eigenvalue weighted by molar-refractivity contribution is 5.90. The molecule has 2 aliphatic rings. The highest BCUT2D eigenvalue weighted by Crippen LogP contribution is 2.36. The van der Waals surface area contributed by atoms with E-state index < -0.39 is 17.9 Å². The molecular weight excluding hydrogens is 377 g/mol. The minimum Gasteiger partial charge on any atom is -0.444 e. The number of hydrogen-bond acceptors (Lipinski definition) is 5. The second-order valence-corrected chi connectivity index (χ2v) is 7.60. The number of guanidine groups is 1. The van der Waals surface area contributed by atoms with Crippen LogP contribution in [0.3, 0.4) is 0 Å². The third-order valence-electron chi connectivity index (χ3n) is 5.77. The van der Waals surface area contributed by atoms with Crippen LogP contribution in [0.15, 0.2) is 18.2 Å². The van der Waals surface area contributed by atoms with Gasteiger partial charge in [-0.1, -0.05) is 19.1 Å². The maximum Gasteiger partial charge on any atom is 0.414 e. The van der Waals surface area contributed by atoms with Crippen molar-refractivity contribution in [2.45, 2.75) is 32.8 Å². The summed E-state index contributed by atoms with van der Waals surface area (Å²) in [7, 11) is 0. The fraction of sp³-hybridized carbons (Fsp3) is 0.550. The van der Waals surface area contributed by atoms with Crippen molar-refractivity contribution in [1.82, 2.24) is 10.2 Å². The lowest BCUT2D eigenvalue weighted by molar-refractivity contribution is -0.132. The van der Waals surface area contributed by atoms with E-state index in [0.717, 1.165) is 39.0 Å². The molecule has 0 saturated carbocycles. The van der Waals surface area contributed by atoms with E-state index in [0.29, 0.717) is 23.9 Å². The first-order chi connectivity index (χ1) is 13.9. The summed E-state index contributed by atoms with van der Waals surface area (Å²) in [5.74, 6) is 0.369. The van der Waals surface area contributed by atoms with Gasteiger partial charge < -0.3 is 20.3 Å². The van der Waals surface area contributed by atoms with Crippen LogP contribution in [0.1, 0.15) is 31.7 Å². The van der Waals surface area contributed by atoms with Crippen molar-refractivity contribution in [2.24, 2.45) is 17.6 Å². The van der Waals surface area contributed by atoms with Gasteiger partial charge in [-0.2, -0.15) is 0 Å². The maximum absolute atomic E-state index is 14.8. The van der Waals surface area contributed by atoms with Crippen LogP contribution < -0.4 is 16.0 Å². The third-order valence-corrected chi connectivity index (χ3v) is 5.77. The smallest absolute Gasteiger partial charge is 0.414 e. The van der Waals surface area contributed by atoms with Crippen LogP contribution in [0.25, 0.3) is 0 Å². The number of carbonyl (C=O) groups excluding carboxylic acids is 2. The molecule has 2 aliphatic heterocycles. The lowest BCUT2D eigenvalue weighted by Crippen LogP contribution is -2.53. The zero-order chi connectivity index (χ0) is 21.0. The van der Waals surface area contributed by atoms with E-state index in [-0.39, 0.29) is 18.1 Å². The van der Waals surface area contributed by atoms with E-state index in [4.69, 9.17) is 15.9 Å². The van der Waals surface area contributed by atoms with Gasteiger partial charge in [0.05, 0.1) is 5.69 Å². The number of rotatable bonds is 5. The van der Waals surface area contributed by atoms with Crippen LogP contribution in [0, 0.1) is 23.1 Å². The van der Waals surface area contributed by atoms with E-state index in [9.17, 15) is 14.0 Å². The van der Waals surface area contributed by atoms with Gasteiger partial charge in [0.15, 0.2) is 11.8 Å². The Morgan fingerprint density at radius 1 is 1.28 bits per heavy atom. The summed E-state index contributed by atoms with van der Waals surface area (Å²) >= 11 is 0. The number of hydrogen-bond donors (Lipinski definition) is 3. The van der Waals surface area contributed by atoms with E-state index in [1.165, 1.54) is 0 Å². The van der Waals surface area contributed by atoms with Crippen molar-refractivity contribution in [2.75, 3.05) is 31.1 Å². The Hall–Kier alpha value is -2.84. The van der Waals surface area contributed by atoms with Crippen LogP contribution in [-0.4, -0.2) is 49.0 Å². The molecule has 9 heteroatoms. The van der Waals surface area contributed by atoms with E-state index >= 15 is 0 Å². The summed E-state index contributed by atoms with van der Waals surface area (Å²) < 4.78 is 19.7. The number of carbonyl (C=O) groups is 2. The van der Waals surface area contributed by atoms with E-state index in [2.05, 4.69) is 0 Å². The number of likely N-dealkylation sites (tertiary alicyclic amines) is 1. The molecule has 0 radical (unpaired) electrons. The molecule has 0 unspecified atom stereocenters. The molecule has 0 aromatic heterocycles. The molecule has 1 aromatic rings. The number of piperidine rings is 1. The third kappa shape index (κ3) is 4.96. The SMILES string of the molecule is CCC(=O)N1CCC(C2CN(c3cccc(COC(=O)NC(=N)N)c3F)C2)CC1. The zero-order valence-corrected chi connectivity index (χ0v) is 16.6. The van der Waals surface area contributed by atoms with Gasteiger partial charge >= 0.3 is 6.09 Å². The first-order valence-corrected chi connectivity index (χ1v) is 9.97. The molecule has 3 rings (SSSR count). The molecule has 2 amide bonds. The van der Waals surface area contributed by atoms with Gasteiger partial charge in [0, 0.05) is 38.2 Å². The quantitative estimate of drug-likeness (QED) is 0.513. The first kappa shape index (κ1) is 20.9.